The number of carbonyl (C=O) groups excluding carboxylic acids is 1. The van der Waals surface area contributed by atoms with Gasteiger partial charge in [0.25, 0.3) is 0 Å². The number of hydrogen-bond acceptors (Lipinski definition) is 3. The number of nitrogens with zero attached hydrogens (tertiary/aromatic N) is 3. The fraction of sp³-hybridized carbons (Fsp3) is 0.308. The quantitative estimate of drug-likeness (QED) is 0.877. The van der Waals surface area contributed by atoms with E-state index >= 15 is 0 Å². The number of aryl methyl sites for hydroxylation is 1. The van der Waals surface area contributed by atoms with Gasteiger partial charge in [-0.1, -0.05) is 18.2 Å². The van der Waals surface area contributed by atoms with Crippen LogP contribution < -0.4 is 0 Å². The van der Waals surface area contributed by atoms with Gasteiger partial charge in [0, 0.05) is 19.5 Å². The average Bonchev–Trinajstić information content (AvgIpc) is 2.66. The van der Waals surface area contributed by atoms with E-state index < -0.39 is 5.97 Å². The molecule has 19 heavy (non-hydrogen) atoms. The zero-order chi connectivity index (χ0) is 14.0. The minimum absolute atomic E-state index is 0.102. The number of carbonyl (C=O) groups is 2. The van der Waals surface area contributed by atoms with Gasteiger partial charge in [0.2, 0.25) is 5.91 Å². The highest BCUT2D eigenvalue weighted by Gasteiger charge is 2.16. The minimum atomic E-state index is -1.03. The molecule has 0 radical (unpaired) electrons. The molecule has 0 bridgehead atoms. The summed E-state index contributed by atoms with van der Waals surface area (Å²) in [6.45, 7) is -0.302. The Morgan fingerprint density at radius 1 is 1.37 bits per heavy atom. The number of para-hydroxylation sites is 1. The van der Waals surface area contributed by atoms with Crippen molar-refractivity contribution in [3.05, 3.63) is 30.0 Å². The van der Waals surface area contributed by atoms with Crippen LogP contribution in [0.5, 0.6) is 0 Å². The van der Waals surface area contributed by atoms with E-state index in [1.54, 1.807) is 4.68 Å². The highest BCUT2D eigenvalue weighted by molar-refractivity contribution is 5.88. The van der Waals surface area contributed by atoms with Crippen LogP contribution in [0.25, 0.3) is 10.9 Å². The molecular formula is C13H15N3O3. The van der Waals surface area contributed by atoms with Crippen molar-refractivity contribution < 1.29 is 14.7 Å². The maximum Gasteiger partial charge on any atom is 0.323 e. The summed E-state index contributed by atoms with van der Waals surface area (Å²) >= 11 is 0. The highest BCUT2D eigenvalue weighted by atomic mass is 16.4. The highest BCUT2D eigenvalue weighted by Crippen LogP contribution is 2.18. The molecule has 1 heterocycles. The normalized spacial score (nSPS) is 10.6. The summed E-state index contributed by atoms with van der Waals surface area (Å²) in [5.74, 6) is -1.28. The SMILES string of the molecule is CN(CC(=O)O)C(=O)Cc1nn(C)c2ccccc12. The number of rotatable bonds is 4. The van der Waals surface area contributed by atoms with Crippen LogP contribution in [0.3, 0.4) is 0 Å². The van der Waals surface area contributed by atoms with E-state index in [1.807, 2.05) is 31.3 Å². The first kappa shape index (κ1) is 13.1. The van der Waals surface area contributed by atoms with Crippen LogP contribution in [0.2, 0.25) is 0 Å². The largest absolute Gasteiger partial charge is 0.480 e. The van der Waals surface area contributed by atoms with Gasteiger partial charge < -0.3 is 10.0 Å². The molecule has 1 aromatic heterocycles. The average molecular weight is 261 g/mol. The van der Waals surface area contributed by atoms with E-state index in [1.165, 1.54) is 11.9 Å². The van der Waals surface area contributed by atoms with Gasteiger partial charge >= 0.3 is 5.97 Å². The molecule has 2 aromatic rings. The van der Waals surface area contributed by atoms with Crippen LogP contribution in [0, 0.1) is 0 Å². The molecule has 6 heteroatoms. The predicted octanol–water partition coefficient (Wildman–Crippen LogP) is 0.659. The molecule has 0 spiro atoms. The summed E-state index contributed by atoms with van der Waals surface area (Å²) < 4.78 is 1.72. The number of carboxylic acid groups (broad SMARTS) is 1. The molecule has 0 aliphatic heterocycles. The predicted molar refractivity (Wildman–Crippen MR) is 69.7 cm³/mol. The third-order valence-electron chi connectivity index (χ3n) is 2.95. The number of fused-ring (bicyclic) bond motifs is 1. The van der Waals surface area contributed by atoms with Gasteiger partial charge in [0.05, 0.1) is 17.6 Å². The van der Waals surface area contributed by atoms with E-state index in [0.717, 1.165) is 10.9 Å². The lowest BCUT2D eigenvalue weighted by Gasteiger charge is -2.13. The fourth-order valence-electron chi connectivity index (χ4n) is 1.99. The van der Waals surface area contributed by atoms with Gasteiger partial charge in [0.1, 0.15) is 6.54 Å². The molecule has 1 amide bonds. The molecule has 0 saturated heterocycles. The third kappa shape index (κ3) is 2.73. The van der Waals surface area contributed by atoms with E-state index in [0.29, 0.717) is 5.69 Å². The number of hydrogen-bond donors (Lipinski definition) is 1. The van der Waals surface area contributed by atoms with Gasteiger partial charge in [-0.3, -0.25) is 14.3 Å². The zero-order valence-corrected chi connectivity index (χ0v) is 10.8. The topological polar surface area (TPSA) is 75.4 Å². The monoisotopic (exact) mass is 261 g/mol. The van der Waals surface area contributed by atoms with Crippen molar-refractivity contribution in [2.45, 2.75) is 6.42 Å². The molecule has 100 valence electrons. The van der Waals surface area contributed by atoms with Crippen molar-refractivity contribution in [2.75, 3.05) is 13.6 Å². The molecule has 2 rings (SSSR count). The maximum absolute atomic E-state index is 11.9. The Hall–Kier alpha value is -2.37. The molecule has 0 aliphatic carbocycles. The van der Waals surface area contributed by atoms with Crippen molar-refractivity contribution >= 4 is 22.8 Å². The van der Waals surface area contributed by atoms with Crippen molar-refractivity contribution in [1.82, 2.24) is 14.7 Å². The van der Waals surface area contributed by atoms with E-state index in [2.05, 4.69) is 5.10 Å². The number of aliphatic carboxylic acids is 1. The summed E-state index contributed by atoms with van der Waals surface area (Å²) in [4.78, 5) is 23.7. The first-order valence-electron chi connectivity index (χ1n) is 5.85. The number of likely N-dealkylation sites (N-methyl/N-ethyl adjacent to an activating group) is 1. The first-order valence-corrected chi connectivity index (χ1v) is 5.85. The second-order valence-electron chi connectivity index (χ2n) is 4.41. The molecular weight excluding hydrogens is 246 g/mol. The summed E-state index contributed by atoms with van der Waals surface area (Å²) in [7, 11) is 3.29. The Morgan fingerprint density at radius 3 is 2.74 bits per heavy atom. The molecule has 1 N–H and O–H groups in total. The van der Waals surface area contributed by atoms with E-state index in [9.17, 15) is 9.59 Å². The second kappa shape index (κ2) is 5.09. The number of amides is 1. The molecule has 1 aromatic carbocycles. The Balaban J connectivity index is 2.22. The van der Waals surface area contributed by atoms with E-state index in [4.69, 9.17) is 5.11 Å². The molecule has 0 fully saturated rings. The summed E-state index contributed by atoms with van der Waals surface area (Å²) in [6, 6.07) is 7.63. The van der Waals surface area contributed by atoms with Crippen LogP contribution in [-0.4, -0.2) is 45.3 Å². The van der Waals surface area contributed by atoms with Crippen LogP contribution in [0.15, 0.2) is 24.3 Å². The lowest BCUT2D eigenvalue weighted by atomic mass is 10.1. The number of carboxylic acids is 1. The molecule has 6 nitrogen and oxygen atoms in total. The van der Waals surface area contributed by atoms with E-state index in [-0.39, 0.29) is 18.9 Å². The molecule has 0 aliphatic rings. The van der Waals surface area contributed by atoms with Crippen LogP contribution in [0.4, 0.5) is 0 Å². The Kier molecular flexibility index (Phi) is 3.50. The number of benzene rings is 1. The zero-order valence-electron chi connectivity index (χ0n) is 10.8. The Bertz CT molecular complexity index is 633. The van der Waals surface area contributed by atoms with Gasteiger partial charge in [0.15, 0.2) is 0 Å². The lowest BCUT2D eigenvalue weighted by Crippen LogP contribution is -2.33. The second-order valence-corrected chi connectivity index (χ2v) is 4.41. The minimum Gasteiger partial charge on any atom is -0.480 e. The summed E-state index contributed by atoms with van der Waals surface area (Å²) in [5, 5.41) is 13.9. The third-order valence-corrected chi connectivity index (χ3v) is 2.95. The van der Waals surface area contributed by atoms with Crippen molar-refractivity contribution in [2.24, 2.45) is 7.05 Å². The Morgan fingerprint density at radius 2 is 2.05 bits per heavy atom. The first-order chi connectivity index (χ1) is 8.99. The molecule has 0 atom stereocenters. The molecule has 0 unspecified atom stereocenters. The van der Waals surface area contributed by atoms with Crippen LogP contribution in [-0.2, 0) is 23.1 Å². The van der Waals surface area contributed by atoms with Gasteiger partial charge in [-0.25, -0.2) is 0 Å². The van der Waals surface area contributed by atoms with Crippen molar-refractivity contribution in [1.29, 1.82) is 0 Å². The Labute approximate surface area is 110 Å². The van der Waals surface area contributed by atoms with Gasteiger partial charge in [-0.2, -0.15) is 5.10 Å². The maximum atomic E-state index is 11.9. The van der Waals surface area contributed by atoms with Crippen LogP contribution >= 0.6 is 0 Å². The summed E-state index contributed by atoms with van der Waals surface area (Å²) in [5.41, 5.74) is 1.62. The van der Waals surface area contributed by atoms with Crippen molar-refractivity contribution in [3.63, 3.8) is 0 Å². The number of aromatic nitrogens is 2. The lowest BCUT2D eigenvalue weighted by molar-refractivity contribution is -0.143. The fourth-order valence-corrected chi connectivity index (χ4v) is 1.99. The van der Waals surface area contributed by atoms with Crippen LogP contribution in [0.1, 0.15) is 5.69 Å². The standard InChI is InChI=1S/C13H15N3O3/c1-15(8-13(18)19)12(17)7-10-9-5-3-4-6-11(9)16(2)14-10/h3-6H,7-8H2,1-2H3,(H,18,19). The summed E-state index contributed by atoms with van der Waals surface area (Å²) in [6.07, 6.45) is 0.102. The van der Waals surface area contributed by atoms with Crippen molar-refractivity contribution in [3.8, 4) is 0 Å². The van der Waals surface area contributed by atoms with Gasteiger partial charge in [-0.15, -0.1) is 0 Å². The molecule has 0 saturated carbocycles. The smallest absolute Gasteiger partial charge is 0.323 e. The van der Waals surface area contributed by atoms with Gasteiger partial charge in [-0.05, 0) is 6.07 Å².